The van der Waals surface area contributed by atoms with Gasteiger partial charge in [-0.1, -0.05) is 17.8 Å². The molecule has 28 heavy (non-hydrogen) atoms. The van der Waals surface area contributed by atoms with Crippen LogP contribution in [0.25, 0.3) is 11.5 Å². The molecule has 1 atom stereocenters. The first kappa shape index (κ1) is 18.6. The number of ether oxygens (including phenoxy) is 3. The van der Waals surface area contributed by atoms with E-state index >= 15 is 0 Å². The molecule has 0 radical (unpaired) electrons. The number of hydrogen-bond donors (Lipinski definition) is 1. The number of benzene rings is 2. The first-order chi connectivity index (χ1) is 13.6. The van der Waals surface area contributed by atoms with Crippen molar-refractivity contribution in [3.05, 3.63) is 47.5 Å². The van der Waals surface area contributed by atoms with Gasteiger partial charge in [-0.2, -0.15) is 0 Å². The summed E-state index contributed by atoms with van der Waals surface area (Å²) in [7, 11) is 0. The van der Waals surface area contributed by atoms with Gasteiger partial charge in [0.1, 0.15) is 12.4 Å². The molecule has 2 aromatic carbocycles. The zero-order valence-corrected chi connectivity index (χ0v) is 16.4. The number of hydrogen-bond acceptors (Lipinski definition) is 8. The topological polar surface area (TPSA) is 86.8 Å². The molecule has 8 heteroatoms. The van der Waals surface area contributed by atoms with E-state index in [9.17, 15) is 5.11 Å². The second-order valence-electron chi connectivity index (χ2n) is 6.54. The quantitative estimate of drug-likeness (QED) is 0.602. The summed E-state index contributed by atoms with van der Waals surface area (Å²) in [5.74, 6) is 2.88. The highest BCUT2D eigenvalue weighted by Gasteiger charge is 2.17. The van der Waals surface area contributed by atoms with Crippen molar-refractivity contribution in [2.75, 3.05) is 19.2 Å². The number of aromatic nitrogens is 2. The number of aliphatic hydroxyl groups excluding tert-OH is 1. The number of aliphatic hydroxyl groups is 1. The Hall–Kier alpha value is -2.71. The van der Waals surface area contributed by atoms with E-state index in [4.69, 9.17) is 18.6 Å². The molecule has 0 aliphatic carbocycles. The van der Waals surface area contributed by atoms with Crippen LogP contribution >= 0.6 is 11.8 Å². The van der Waals surface area contributed by atoms with Crippen molar-refractivity contribution in [3.8, 4) is 28.7 Å². The van der Waals surface area contributed by atoms with E-state index < -0.39 is 6.10 Å². The first-order valence-corrected chi connectivity index (χ1v) is 9.81. The molecule has 1 aliphatic heterocycles. The van der Waals surface area contributed by atoms with E-state index in [1.807, 2.05) is 38.1 Å². The predicted octanol–water partition coefficient (Wildman–Crippen LogP) is 3.61. The van der Waals surface area contributed by atoms with Crippen molar-refractivity contribution in [1.82, 2.24) is 10.2 Å². The van der Waals surface area contributed by atoms with E-state index in [1.165, 1.54) is 11.8 Å². The Labute approximate surface area is 166 Å². The zero-order valence-electron chi connectivity index (χ0n) is 15.5. The Morgan fingerprint density at radius 2 is 1.86 bits per heavy atom. The second-order valence-corrected chi connectivity index (χ2v) is 7.51. The van der Waals surface area contributed by atoms with Crippen LogP contribution in [-0.2, 0) is 0 Å². The van der Waals surface area contributed by atoms with Crippen LogP contribution in [0, 0.1) is 13.8 Å². The number of rotatable bonds is 7. The van der Waals surface area contributed by atoms with Crippen LogP contribution in [0.1, 0.15) is 11.1 Å². The molecule has 3 aromatic rings. The normalized spacial score (nSPS) is 13.5. The Morgan fingerprint density at radius 1 is 1.07 bits per heavy atom. The molecule has 0 saturated carbocycles. The Balaban J connectivity index is 1.30. The maximum absolute atomic E-state index is 10.2. The molecule has 0 spiro atoms. The molecule has 0 bridgehead atoms. The third kappa shape index (κ3) is 4.40. The summed E-state index contributed by atoms with van der Waals surface area (Å²) in [4.78, 5) is 0. The fraction of sp³-hybridized carbons (Fsp3) is 0.300. The lowest BCUT2D eigenvalue weighted by molar-refractivity contribution is 0.126. The fourth-order valence-corrected chi connectivity index (χ4v) is 3.51. The van der Waals surface area contributed by atoms with Crippen LogP contribution in [-0.4, -0.2) is 40.6 Å². The Kier molecular flexibility index (Phi) is 5.40. The summed E-state index contributed by atoms with van der Waals surface area (Å²) in [6, 6.07) is 11.4. The number of aryl methyl sites for hydroxylation is 2. The third-order valence-electron chi connectivity index (χ3n) is 4.06. The van der Waals surface area contributed by atoms with Crippen LogP contribution in [0.2, 0.25) is 0 Å². The maximum atomic E-state index is 10.2. The first-order valence-electron chi connectivity index (χ1n) is 8.82. The predicted molar refractivity (Wildman–Crippen MR) is 104 cm³/mol. The van der Waals surface area contributed by atoms with Crippen LogP contribution in [0.3, 0.4) is 0 Å². The largest absolute Gasteiger partial charge is 0.491 e. The molecule has 0 saturated heterocycles. The van der Waals surface area contributed by atoms with Gasteiger partial charge in [-0.05, 0) is 55.3 Å². The monoisotopic (exact) mass is 400 g/mol. The van der Waals surface area contributed by atoms with Crippen molar-refractivity contribution in [3.63, 3.8) is 0 Å². The molecule has 146 valence electrons. The summed E-state index contributed by atoms with van der Waals surface area (Å²) in [6.07, 6.45) is -0.660. The molecule has 0 fully saturated rings. The van der Waals surface area contributed by atoms with E-state index in [2.05, 4.69) is 16.3 Å². The van der Waals surface area contributed by atoms with Gasteiger partial charge in [-0.25, -0.2) is 0 Å². The van der Waals surface area contributed by atoms with Crippen LogP contribution in [0.5, 0.6) is 17.2 Å². The van der Waals surface area contributed by atoms with Gasteiger partial charge in [0.25, 0.3) is 5.22 Å². The van der Waals surface area contributed by atoms with Crippen molar-refractivity contribution in [2.24, 2.45) is 0 Å². The van der Waals surface area contributed by atoms with E-state index in [1.54, 1.807) is 6.07 Å². The average molecular weight is 400 g/mol. The standard InChI is InChI=1S/C20H20N2O5S/c1-12-5-13(2)7-16(6-12)24-9-15(23)10-28-20-22-21-19(27-20)14-3-4-17-18(8-14)26-11-25-17/h3-8,15,23H,9-11H2,1-2H3/t15-/m1/s1. The summed E-state index contributed by atoms with van der Waals surface area (Å²) in [5, 5.41) is 18.6. The van der Waals surface area contributed by atoms with Gasteiger partial charge in [-0.15, -0.1) is 10.2 Å². The lowest BCUT2D eigenvalue weighted by Crippen LogP contribution is -2.20. The second kappa shape index (κ2) is 8.12. The lowest BCUT2D eigenvalue weighted by Gasteiger charge is -2.12. The smallest absolute Gasteiger partial charge is 0.276 e. The molecule has 4 rings (SSSR count). The third-order valence-corrected chi connectivity index (χ3v) is 5.03. The molecule has 7 nitrogen and oxygen atoms in total. The van der Waals surface area contributed by atoms with E-state index in [0.29, 0.717) is 28.4 Å². The van der Waals surface area contributed by atoms with Crippen molar-refractivity contribution in [1.29, 1.82) is 0 Å². The molecule has 2 heterocycles. The number of nitrogens with zero attached hydrogens (tertiary/aromatic N) is 2. The average Bonchev–Trinajstić information content (AvgIpc) is 3.32. The Bertz CT molecular complexity index is 955. The van der Waals surface area contributed by atoms with Crippen LogP contribution in [0.15, 0.2) is 46.0 Å². The zero-order chi connectivity index (χ0) is 19.5. The molecule has 1 N–H and O–H groups in total. The molecule has 1 aliphatic rings. The molecule has 0 unspecified atom stereocenters. The number of fused-ring (bicyclic) bond motifs is 1. The lowest BCUT2D eigenvalue weighted by atomic mass is 10.1. The van der Waals surface area contributed by atoms with Crippen molar-refractivity contribution in [2.45, 2.75) is 25.2 Å². The highest BCUT2D eigenvalue weighted by atomic mass is 32.2. The minimum atomic E-state index is -0.660. The highest BCUT2D eigenvalue weighted by Crippen LogP contribution is 2.36. The van der Waals surface area contributed by atoms with E-state index in [-0.39, 0.29) is 13.4 Å². The molecule has 0 amide bonds. The van der Waals surface area contributed by atoms with Gasteiger partial charge in [0.2, 0.25) is 12.7 Å². The van der Waals surface area contributed by atoms with Gasteiger partial charge in [0.05, 0.1) is 6.10 Å². The molecular formula is C20H20N2O5S. The van der Waals surface area contributed by atoms with Crippen molar-refractivity contribution < 1.29 is 23.7 Å². The summed E-state index contributed by atoms with van der Waals surface area (Å²) in [6.45, 7) is 4.43. The van der Waals surface area contributed by atoms with Crippen LogP contribution < -0.4 is 14.2 Å². The van der Waals surface area contributed by atoms with E-state index in [0.717, 1.165) is 22.4 Å². The van der Waals surface area contributed by atoms with Gasteiger partial charge in [0.15, 0.2) is 11.5 Å². The highest BCUT2D eigenvalue weighted by molar-refractivity contribution is 7.99. The fourth-order valence-electron chi connectivity index (χ4n) is 2.84. The van der Waals surface area contributed by atoms with Crippen molar-refractivity contribution >= 4 is 11.8 Å². The summed E-state index contributed by atoms with van der Waals surface area (Å²) in [5.41, 5.74) is 3.00. The molecule has 1 aromatic heterocycles. The van der Waals surface area contributed by atoms with Gasteiger partial charge in [0, 0.05) is 11.3 Å². The van der Waals surface area contributed by atoms with Crippen LogP contribution in [0.4, 0.5) is 0 Å². The number of thioether (sulfide) groups is 1. The molecular weight excluding hydrogens is 380 g/mol. The summed E-state index contributed by atoms with van der Waals surface area (Å²) < 4.78 is 22.0. The van der Waals surface area contributed by atoms with Gasteiger partial charge in [-0.3, -0.25) is 0 Å². The maximum Gasteiger partial charge on any atom is 0.276 e. The van der Waals surface area contributed by atoms with Gasteiger partial charge >= 0.3 is 0 Å². The Morgan fingerprint density at radius 3 is 2.68 bits per heavy atom. The SMILES string of the molecule is Cc1cc(C)cc(OC[C@@H](O)CSc2nnc(-c3ccc4c(c3)OCO4)o2)c1. The minimum absolute atomic E-state index is 0.194. The van der Waals surface area contributed by atoms with Gasteiger partial charge < -0.3 is 23.7 Å². The minimum Gasteiger partial charge on any atom is -0.491 e. The summed E-state index contributed by atoms with van der Waals surface area (Å²) >= 11 is 1.28.